The zero-order valence-corrected chi connectivity index (χ0v) is 12.3. The Kier molecular flexibility index (Phi) is 3.74. The third-order valence-electron chi connectivity index (χ3n) is 3.82. The number of hydrogen-bond acceptors (Lipinski definition) is 5. The van der Waals surface area contributed by atoms with Gasteiger partial charge in [-0.3, -0.25) is 0 Å². The van der Waals surface area contributed by atoms with Gasteiger partial charge in [-0.25, -0.2) is 4.98 Å². The van der Waals surface area contributed by atoms with E-state index in [1.807, 2.05) is 24.3 Å². The minimum absolute atomic E-state index is 0.301. The Hall–Kier alpha value is -1.43. The second-order valence-electron chi connectivity index (χ2n) is 4.94. The van der Waals surface area contributed by atoms with Crippen LogP contribution >= 0.6 is 11.3 Å². The average Bonchev–Trinajstić information content (AvgIpc) is 2.98. The van der Waals surface area contributed by atoms with Crippen molar-refractivity contribution in [3.05, 3.63) is 34.7 Å². The molecule has 1 fully saturated rings. The monoisotopic (exact) mass is 290 g/mol. The van der Waals surface area contributed by atoms with Crippen LogP contribution in [0.25, 0.3) is 11.3 Å². The second-order valence-corrected chi connectivity index (χ2v) is 5.79. The minimum atomic E-state index is -0.301. The number of rotatable bonds is 3. The third-order valence-corrected chi connectivity index (χ3v) is 4.85. The van der Waals surface area contributed by atoms with E-state index < -0.39 is 0 Å². The van der Waals surface area contributed by atoms with Crippen LogP contribution in [-0.4, -0.2) is 25.3 Å². The molecule has 1 saturated heterocycles. The number of nitrogens with zero attached hydrogens (tertiary/aromatic N) is 1. The van der Waals surface area contributed by atoms with Crippen molar-refractivity contribution in [1.82, 2.24) is 4.98 Å². The molecule has 4 nitrogen and oxygen atoms in total. The van der Waals surface area contributed by atoms with E-state index in [0.29, 0.717) is 0 Å². The van der Waals surface area contributed by atoms with Gasteiger partial charge in [-0.05, 0) is 6.07 Å². The SMILES string of the molecule is COC1(c2nc(-c3ccccc3N)cs2)CCOCC1. The summed E-state index contributed by atoms with van der Waals surface area (Å²) < 4.78 is 11.2. The first-order chi connectivity index (χ1) is 9.75. The van der Waals surface area contributed by atoms with Gasteiger partial charge in [-0.2, -0.15) is 0 Å². The van der Waals surface area contributed by atoms with Crippen molar-refractivity contribution in [3.8, 4) is 11.3 Å². The van der Waals surface area contributed by atoms with Crippen LogP contribution in [0.2, 0.25) is 0 Å². The van der Waals surface area contributed by atoms with Crippen molar-refractivity contribution in [2.75, 3.05) is 26.1 Å². The maximum absolute atomic E-state index is 6.02. The molecule has 0 saturated carbocycles. The molecule has 2 N–H and O–H groups in total. The second kappa shape index (κ2) is 5.52. The Labute approximate surface area is 122 Å². The molecule has 0 radical (unpaired) electrons. The molecule has 0 aliphatic carbocycles. The van der Waals surface area contributed by atoms with E-state index in [-0.39, 0.29) is 5.60 Å². The minimum Gasteiger partial charge on any atom is -0.398 e. The number of anilines is 1. The predicted octanol–water partition coefficient (Wildman–Crippen LogP) is 3.04. The standard InChI is InChI=1S/C15H18N2O2S/c1-18-15(6-8-19-9-7-15)14-17-13(10-20-14)11-4-2-3-5-12(11)16/h2-5,10H,6-9,16H2,1H3. The Morgan fingerprint density at radius 3 is 2.75 bits per heavy atom. The maximum atomic E-state index is 6.02. The lowest BCUT2D eigenvalue weighted by molar-refractivity contribution is -0.0947. The fraction of sp³-hybridized carbons (Fsp3) is 0.400. The summed E-state index contributed by atoms with van der Waals surface area (Å²) in [5.41, 5.74) is 8.37. The molecule has 0 spiro atoms. The zero-order chi connectivity index (χ0) is 14.0. The van der Waals surface area contributed by atoms with E-state index in [2.05, 4.69) is 5.38 Å². The molecule has 5 heteroatoms. The number of thiazole rings is 1. The molecule has 0 atom stereocenters. The van der Waals surface area contributed by atoms with Crippen LogP contribution in [0.3, 0.4) is 0 Å². The molecular formula is C15H18N2O2S. The summed E-state index contributed by atoms with van der Waals surface area (Å²) in [6, 6.07) is 7.80. The molecule has 3 rings (SSSR count). The third kappa shape index (κ3) is 2.32. The molecule has 0 unspecified atom stereocenters. The smallest absolute Gasteiger partial charge is 0.125 e. The maximum Gasteiger partial charge on any atom is 0.125 e. The fourth-order valence-electron chi connectivity index (χ4n) is 2.54. The first-order valence-electron chi connectivity index (χ1n) is 6.69. The van der Waals surface area contributed by atoms with Crippen LogP contribution in [0.4, 0.5) is 5.69 Å². The van der Waals surface area contributed by atoms with Crippen LogP contribution in [0.15, 0.2) is 29.6 Å². The van der Waals surface area contributed by atoms with E-state index in [9.17, 15) is 0 Å². The molecule has 20 heavy (non-hydrogen) atoms. The first kappa shape index (κ1) is 13.5. The number of ether oxygens (including phenoxy) is 2. The van der Waals surface area contributed by atoms with E-state index >= 15 is 0 Å². The van der Waals surface area contributed by atoms with E-state index in [1.165, 1.54) is 0 Å². The van der Waals surface area contributed by atoms with Crippen LogP contribution < -0.4 is 5.73 Å². The fourth-order valence-corrected chi connectivity index (χ4v) is 3.60. The predicted molar refractivity (Wildman–Crippen MR) is 80.7 cm³/mol. The molecule has 1 aromatic heterocycles. The lowest BCUT2D eigenvalue weighted by Gasteiger charge is -2.33. The van der Waals surface area contributed by atoms with Crippen molar-refractivity contribution < 1.29 is 9.47 Å². The Balaban J connectivity index is 1.95. The number of para-hydroxylation sites is 1. The number of methoxy groups -OCH3 is 1. The highest BCUT2D eigenvalue weighted by Crippen LogP contribution is 2.39. The normalized spacial score (nSPS) is 18.1. The van der Waals surface area contributed by atoms with Gasteiger partial charge in [0.05, 0.1) is 5.69 Å². The van der Waals surface area contributed by atoms with Gasteiger partial charge >= 0.3 is 0 Å². The van der Waals surface area contributed by atoms with Crippen molar-refractivity contribution in [2.45, 2.75) is 18.4 Å². The summed E-state index contributed by atoms with van der Waals surface area (Å²) in [5, 5.41) is 3.07. The highest BCUT2D eigenvalue weighted by molar-refractivity contribution is 7.10. The number of benzene rings is 1. The van der Waals surface area contributed by atoms with Crippen LogP contribution in [0.5, 0.6) is 0 Å². The molecule has 1 aliphatic heterocycles. The zero-order valence-electron chi connectivity index (χ0n) is 11.5. The number of nitrogen functional groups attached to an aromatic ring is 1. The molecular weight excluding hydrogens is 272 g/mol. The topological polar surface area (TPSA) is 57.4 Å². The van der Waals surface area contributed by atoms with Gasteiger partial charge in [-0.1, -0.05) is 18.2 Å². The van der Waals surface area contributed by atoms with E-state index in [0.717, 1.165) is 48.0 Å². The Morgan fingerprint density at radius 1 is 1.30 bits per heavy atom. The van der Waals surface area contributed by atoms with Crippen LogP contribution in [0.1, 0.15) is 17.8 Å². The highest BCUT2D eigenvalue weighted by Gasteiger charge is 2.37. The van der Waals surface area contributed by atoms with Gasteiger partial charge < -0.3 is 15.2 Å². The van der Waals surface area contributed by atoms with Crippen molar-refractivity contribution in [3.63, 3.8) is 0 Å². The van der Waals surface area contributed by atoms with Crippen LogP contribution in [0, 0.1) is 0 Å². The molecule has 2 heterocycles. The summed E-state index contributed by atoms with van der Waals surface area (Å²) in [7, 11) is 1.75. The summed E-state index contributed by atoms with van der Waals surface area (Å²) in [6.45, 7) is 1.44. The molecule has 1 aliphatic rings. The highest BCUT2D eigenvalue weighted by atomic mass is 32.1. The number of aromatic nitrogens is 1. The van der Waals surface area contributed by atoms with Gasteiger partial charge in [0.1, 0.15) is 10.6 Å². The first-order valence-corrected chi connectivity index (χ1v) is 7.57. The Morgan fingerprint density at radius 2 is 2.05 bits per heavy atom. The summed E-state index contributed by atoms with van der Waals surface area (Å²) in [5.74, 6) is 0. The van der Waals surface area contributed by atoms with Gasteiger partial charge in [-0.15, -0.1) is 11.3 Å². The molecule has 2 aromatic rings. The van der Waals surface area contributed by atoms with Crippen LogP contribution in [-0.2, 0) is 15.1 Å². The lowest BCUT2D eigenvalue weighted by Crippen LogP contribution is -2.35. The van der Waals surface area contributed by atoms with Gasteiger partial charge in [0.2, 0.25) is 0 Å². The lowest BCUT2D eigenvalue weighted by atomic mass is 9.95. The molecule has 1 aromatic carbocycles. The van der Waals surface area contributed by atoms with Crippen molar-refractivity contribution in [1.29, 1.82) is 0 Å². The Bertz CT molecular complexity index is 591. The summed E-state index contributed by atoms with van der Waals surface area (Å²) in [6.07, 6.45) is 1.70. The average molecular weight is 290 g/mol. The summed E-state index contributed by atoms with van der Waals surface area (Å²) in [4.78, 5) is 4.77. The number of nitrogens with two attached hydrogens (primary N) is 1. The van der Waals surface area contributed by atoms with Crippen molar-refractivity contribution >= 4 is 17.0 Å². The van der Waals surface area contributed by atoms with E-state index in [1.54, 1.807) is 18.4 Å². The molecule has 0 bridgehead atoms. The quantitative estimate of drug-likeness (QED) is 0.883. The van der Waals surface area contributed by atoms with Gasteiger partial charge in [0.25, 0.3) is 0 Å². The number of hydrogen-bond donors (Lipinski definition) is 1. The van der Waals surface area contributed by atoms with E-state index in [4.69, 9.17) is 20.2 Å². The molecule has 0 amide bonds. The van der Waals surface area contributed by atoms with Gasteiger partial charge in [0.15, 0.2) is 0 Å². The summed E-state index contributed by atoms with van der Waals surface area (Å²) >= 11 is 1.64. The molecule has 106 valence electrons. The van der Waals surface area contributed by atoms with Gasteiger partial charge in [0, 0.05) is 49.8 Å². The van der Waals surface area contributed by atoms with Crippen molar-refractivity contribution in [2.24, 2.45) is 0 Å². The largest absolute Gasteiger partial charge is 0.398 e.